The van der Waals surface area contributed by atoms with Gasteiger partial charge in [0.05, 0.1) is 13.2 Å². The van der Waals surface area contributed by atoms with E-state index in [4.69, 9.17) is 4.74 Å². The second-order valence-electron chi connectivity index (χ2n) is 5.20. The number of guanidine groups is 1. The molecule has 0 amide bonds. The summed E-state index contributed by atoms with van der Waals surface area (Å²) in [5.74, 6) is 1.77. The molecule has 21 heavy (non-hydrogen) atoms. The lowest BCUT2D eigenvalue weighted by Gasteiger charge is -2.29. The predicted molar refractivity (Wildman–Crippen MR) is 87.0 cm³/mol. The molecule has 1 aromatic rings. The molecule has 2 N–H and O–H groups in total. The Balaban J connectivity index is 2.19. The summed E-state index contributed by atoms with van der Waals surface area (Å²) >= 11 is 0. The topological polar surface area (TPSA) is 48.9 Å². The van der Waals surface area contributed by atoms with Crippen molar-refractivity contribution in [2.24, 2.45) is 4.99 Å². The van der Waals surface area contributed by atoms with Gasteiger partial charge in [-0.25, -0.2) is 0 Å². The van der Waals surface area contributed by atoms with Crippen LogP contribution in [0.25, 0.3) is 0 Å². The lowest BCUT2D eigenvalue weighted by Crippen LogP contribution is -2.41. The number of rotatable bonds is 5. The number of aliphatic imine (C=N–C) groups is 1. The van der Waals surface area contributed by atoms with Crippen LogP contribution in [0, 0.1) is 0 Å². The molecule has 0 radical (unpaired) electrons. The van der Waals surface area contributed by atoms with E-state index in [1.165, 1.54) is 18.4 Å². The van der Waals surface area contributed by atoms with Gasteiger partial charge in [0, 0.05) is 26.2 Å². The summed E-state index contributed by atoms with van der Waals surface area (Å²) in [6.07, 6.45) is 2.54. The Kier molecular flexibility index (Phi) is 5.87. The first-order chi connectivity index (χ1) is 10.3. The van der Waals surface area contributed by atoms with Gasteiger partial charge in [-0.3, -0.25) is 9.89 Å². The van der Waals surface area contributed by atoms with Crippen LogP contribution in [0.2, 0.25) is 0 Å². The van der Waals surface area contributed by atoms with Crippen molar-refractivity contribution in [3.8, 4) is 5.75 Å². The third-order valence-corrected chi connectivity index (χ3v) is 4.00. The van der Waals surface area contributed by atoms with Crippen molar-refractivity contribution in [2.75, 3.05) is 40.8 Å². The normalized spacial score (nSPS) is 17.6. The number of ether oxygens (including phenoxy) is 1. The van der Waals surface area contributed by atoms with E-state index >= 15 is 0 Å². The lowest BCUT2D eigenvalue weighted by atomic mass is 10.0. The molecule has 5 heteroatoms. The molecule has 1 aliphatic heterocycles. The number of nitrogens with zero attached hydrogens (tertiary/aromatic N) is 2. The number of hydrogen-bond acceptors (Lipinski definition) is 3. The van der Waals surface area contributed by atoms with Crippen LogP contribution < -0.4 is 15.4 Å². The van der Waals surface area contributed by atoms with Crippen molar-refractivity contribution < 1.29 is 4.74 Å². The van der Waals surface area contributed by atoms with Crippen LogP contribution in [0.5, 0.6) is 5.75 Å². The minimum absolute atomic E-state index is 0.300. The van der Waals surface area contributed by atoms with E-state index in [9.17, 15) is 0 Å². The average Bonchev–Trinajstić information content (AvgIpc) is 3.06. The van der Waals surface area contributed by atoms with Crippen molar-refractivity contribution in [2.45, 2.75) is 18.9 Å². The maximum atomic E-state index is 5.55. The summed E-state index contributed by atoms with van der Waals surface area (Å²) < 4.78 is 5.55. The lowest BCUT2D eigenvalue weighted by molar-refractivity contribution is 0.239. The zero-order valence-corrected chi connectivity index (χ0v) is 13.2. The summed E-state index contributed by atoms with van der Waals surface area (Å²) in [7, 11) is 5.40. The Bertz CT molecular complexity index is 469. The number of nitrogens with one attached hydrogen (secondary N) is 2. The molecule has 1 saturated heterocycles. The van der Waals surface area contributed by atoms with Gasteiger partial charge in [0.1, 0.15) is 5.75 Å². The number of methoxy groups -OCH3 is 1. The zero-order chi connectivity index (χ0) is 15.1. The molecule has 2 rings (SSSR count). The Hall–Kier alpha value is -1.75. The molecule has 1 aromatic carbocycles. The van der Waals surface area contributed by atoms with Gasteiger partial charge >= 0.3 is 0 Å². The molecule has 1 fully saturated rings. The third kappa shape index (κ3) is 3.88. The fraction of sp³-hybridized carbons (Fsp3) is 0.562. The van der Waals surface area contributed by atoms with Crippen molar-refractivity contribution in [1.82, 2.24) is 15.5 Å². The smallest absolute Gasteiger partial charge is 0.190 e. The van der Waals surface area contributed by atoms with Crippen molar-refractivity contribution in [3.05, 3.63) is 29.8 Å². The molecule has 5 nitrogen and oxygen atoms in total. The van der Waals surface area contributed by atoms with Gasteiger partial charge in [-0.15, -0.1) is 0 Å². The zero-order valence-electron chi connectivity index (χ0n) is 13.2. The summed E-state index contributed by atoms with van der Waals surface area (Å²) in [6, 6.07) is 8.59. The average molecular weight is 290 g/mol. The second-order valence-corrected chi connectivity index (χ2v) is 5.20. The summed E-state index contributed by atoms with van der Waals surface area (Å²) in [5.41, 5.74) is 1.24. The van der Waals surface area contributed by atoms with Crippen molar-refractivity contribution in [1.29, 1.82) is 0 Å². The standard InChI is InChI=1S/C16H26N4O/c1-17-16(18-2)19-12-14(20-10-6-7-11-20)13-8-4-5-9-15(13)21-3/h4-5,8-9,14H,6-7,10-12H2,1-3H3,(H2,17,18,19). The van der Waals surface area contributed by atoms with E-state index in [2.05, 4.69) is 32.7 Å². The first-order valence-electron chi connectivity index (χ1n) is 7.55. The van der Waals surface area contributed by atoms with Crippen molar-refractivity contribution in [3.63, 3.8) is 0 Å². The summed E-state index contributed by atoms with van der Waals surface area (Å²) in [4.78, 5) is 6.71. The quantitative estimate of drug-likeness (QED) is 0.639. The molecule has 0 bridgehead atoms. The van der Waals surface area contributed by atoms with E-state index in [0.29, 0.717) is 6.04 Å². The molecular formula is C16H26N4O. The molecule has 0 aliphatic carbocycles. The molecule has 1 unspecified atom stereocenters. The van der Waals surface area contributed by atoms with Gasteiger partial charge in [-0.1, -0.05) is 18.2 Å². The highest BCUT2D eigenvalue weighted by atomic mass is 16.5. The Labute approximate surface area is 127 Å². The third-order valence-electron chi connectivity index (χ3n) is 4.00. The van der Waals surface area contributed by atoms with Crippen LogP contribution >= 0.6 is 0 Å². The first kappa shape index (κ1) is 15.6. The van der Waals surface area contributed by atoms with E-state index in [1.54, 1.807) is 14.2 Å². The molecule has 0 aromatic heterocycles. The number of likely N-dealkylation sites (tertiary alicyclic amines) is 1. The summed E-state index contributed by atoms with van der Waals surface area (Å²) in [5, 5.41) is 6.45. The van der Waals surface area contributed by atoms with E-state index in [0.717, 1.165) is 31.3 Å². The molecule has 0 spiro atoms. The highest BCUT2D eigenvalue weighted by Gasteiger charge is 2.25. The molecule has 0 saturated carbocycles. The minimum atomic E-state index is 0.300. The van der Waals surface area contributed by atoms with Crippen LogP contribution in [0.15, 0.2) is 29.3 Å². The van der Waals surface area contributed by atoms with Crippen LogP contribution in [-0.4, -0.2) is 51.7 Å². The highest BCUT2D eigenvalue weighted by molar-refractivity contribution is 5.79. The Morgan fingerprint density at radius 2 is 2.05 bits per heavy atom. The van der Waals surface area contributed by atoms with Crippen LogP contribution in [0.4, 0.5) is 0 Å². The molecular weight excluding hydrogens is 264 g/mol. The number of para-hydroxylation sites is 1. The molecule has 1 heterocycles. The van der Waals surface area contributed by atoms with Gasteiger partial charge < -0.3 is 15.4 Å². The SMILES string of the molecule is CN=C(NC)NCC(c1ccccc1OC)N1CCCC1. The fourth-order valence-electron chi connectivity index (χ4n) is 2.90. The van der Waals surface area contributed by atoms with Gasteiger partial charge in [0.15, 0.2) is 5.96 Å². The van der Waals surface area contributed by atoms with E-state index in [1.807, 2.05) is 19.2 Å². The predicted octanol–water partition coefficient (Wildman–Crippen LogP) is 1.63. The largest absolute Gasteiger partial charge is 0.496 e. The summed E-state index contributed by atoms with van der Waals surface area (Å²) in [6.45, 7) is 3.10. The van der Waals surface area contributed by atoms with Gasteiger partial charge in [-0.05, 0) is 32.0 Å². The molecule has 116 valence electrons. The van der Waals surface area contributed by atoms with Gasteiger partial charge in [0.2, 0.25) is 0 Å². The number of benzene rings is 1. The van der Waals surface area contributed by atoms with Crippen LogP contribution in [0.3, 0.4) is 0 Å². The van der Waals surface area contributed by atoms with Crippen LogP contribution in [-0.2, 0) is 0 Å². The van der Waals surface area contributed by atoms with Crippen molar-refractivity contribution >= 4 is 5.96 Å². The fourth-order valence-corrected chi connectivity index (χ4v) is 2.90. The molecule has 1 atom stereocenters. The second kappa shape index (κ2) is 7.88. The monoisotopic (exact) mass is 290 g/mol. The Morgan fingerprint density at radius 1 is 1.33 bits per heavy atom. The van der Waals surface area contributed by atoms with E-state index < -0.39 is 0 Å². The number of hydrogen-bond donors (Lipinski definition) is 2. The first-order valence-corrected chi connectivity index (χ1v) is 7.55. The Morgan fingerprint density at radius 3 is 2.67 bits per heavy atom. The van der Waals surface area contributed by atoms with Gasteiger partial charge in [0.25, 0.3) is 0 Å². The maximum Gasteiger partial charge on any atom is 0.190 e. The van der Waals surface area contributed by atoms with Crippen LogP contribution in [0.1, 0.15) is 24.4 Å². The molecule has 1 aliphatic rings. The minimum Gasteiger partial charge on any atom is -0.496 e. The van der Waals surface area contributed by atoms with E-state index in [-0.39, 0.29) is 0 Å². The highest BCUT2D eigenvalue weighted by Crippen LogP contribution is 2.31. The maximum absolute atomic E-state index is 5.55. The van der Waals surface area contributed by atoms with Gasteiger partial charge in [-0.2, -0.15) is 0 Å².